The van der Waals surface area contributed by atoms with Gasteiger partial charge in [0.25, 0.3) is 0 Å². The second-order valence-electron chi connectivity index (χ2n) is 29.9. The van der Waals surface area contributed by atoms with E-state index in [4.69, 9.17) is 0 Å². The number of anilines is 6. The molecule has 0 atom stereocenters. The zero-order chi connectivity index (χ0) is 76.6. The lowest BCUT2D eigenvalue weighted by Crippen LogP contribution is -2.10. The number of hydrogen-bond acceptors (Lipinski definition) is 4. The van der Waals surface area contributed by atoms with Gasteiger partial charge in [-0.05, 0) is 205 Å². The summed E-state index contributed by atoms with van der Waals surface area (Å²) in [6, 6.07) is 159. The van der Waals surface area contributed by atoms with E-state index < -0.39 is 0 Å². The standard InChI is InChI=1S/C58H38N2S.C52H34N2S/c1-3-14-39(15-4-1)40-28-32-47(33-29-40)59(56-27-13-25-51-52-34-30-41-16-7-8-23-49(41)57(52)61-58(51)56)48-22-12-19-44(37-48)42-17-11-18-43(36-42)45-31-35-55-53(38-45)50-24-9-10-26-54(50)60(55)46-20-5-2-6-21-46;1-3-12-35(13-4-1)36-22-28-41(29-23-36)53(50-21-11-19-45-46-32-26-38-14-7-8-17-43(38)51(46)55-52(45)50)42-30-24-37(25-31-42)39-27-33-49-47(34-39)44-18-9-10-20-48(44)54(49)40-15-5-2-6-16-40/h1-38H;1-34H. The van der Waals surface area contributed by atoms with E-state index in [1.54, 1.807) is 0 Å². The number of rotatable bonds is 13. The second-order valence-corrected chi connectivity index (χ2v) is 31.9. The van der Waals surface area contributed by atoms with Crippen molar-refractivity contribution in [1.29, 1.82) is 0 Å². The predicted molar refractivity (Wildman–Crippen MR) is 499 cm³/mol. The highest BCUT2D eigenvalue weighted by Crippen LogP contribution is 2.50. The van der Waals surface area contributed by atoms with E-state index in [9.17, 15) is 0 Å². The first-order valence-electron chi connectivity index (χ1n) is 39.6. The Balaban J connectivity index is 0.000000141. The molecule has 23 rings (SSSR count). The number of aromatic nitrogens is 2. The molecule has 0 saturated heterocycles. The molecule has 116 heavy (non-hydrogen) atoms. The van der Waals surface area contributed by atoms with E-state index in [1.165, 1.54) is 184 Å². The number of fused-ring (bicyclic) bond motifs is 16. The summed E-state index contributed by atoms with van der Waals surface area (Å²) in [6.07, 6.45) is 0. The van der Waals surface area contributed by atoms with Gasteiger partial charge in [0.15, 0.2) is 0 Å². The fourth-order valence-electron chi connectivity index (χ4n) is 17.6. The number of hydrogen-bond donors (Lipinski definition) is 0. The van der Waals surface area contributed by atoms with E-state index >= 15 is 0 Å². The van der Waals surface area contributed by atoms with Crippen LogP contribution in [0.2, 0.25) is 0 Å². The lowest BCUT2D eigenvalue weighted by molar-refractivity contribution is 1.18. The summed E-state index contributed by atoms with van der Waals surface area (Å²) in [5.74, 6) is 0. The summed E-state index contributed by atoms with van der Waals surface area (Å²) in [6.45, 7) is 0. The van der Waals surface area contributed by atoms with E-state index in [2.05, 4.69) is 456 Å². The van der Waals surface area contributed by atoms with Crippen LogP contribution in [0, 0.1) is 0 Å². The van der Waals surface area contributed by atoms with Crippen LogP contribution in [0.15, 0.2) is 437 Å². The molecule has 6 heteroatoms. The van der Waals surface area contributed by atoms with Crippen LogP contribution < -0.4 is 9.80 Å². The van der Waals surface area contributed by atoms with Gasteiger partial charge < -0.3 is 18.9 Å². The van der Waals surface area contributed by atoms with Crippen LogP contribution in [0.1, 0.15) is 0 Å². The van der Waals surface area contributed by atoms with Crippen LogP contribution in [0.3, 0.4) is 0 Å². The first-order valence-corrected chi connectivity index (χ1v) is 41.2. The summed E-state index contributed by atoms with van der Waals surface area (Å²) in [5, 5.41) is 15.3. The molecule has 0 aliphatic rings. The number of nitrogens with zero attached hydrogens (tertiary/aromatic N) is 4. The summed E-state index contributed by atoms with van der Waals surface area (Å²) < 4.78 is 9.96. The molecule has 23 aromatic rings. The minimum absolute atomic E-state index is 1.11. The molecule has 0 aliphatic heterocycles. The molecule has 4 nitrogen and oxygen atoms in total. The highest BCUT2D eigenvalue weighted by Gasteiger charge is 2.24. The fourth-order valence-corrected chi connectivity index (χ4v) is 20.3. The molecule has 0 bridgehead atoms. The van der Waals surface area contributed by atoms with Gasteiger partial charge in [-0.3, -0.25) is 0 Å². The average Bonchev–Trinajstić information content (AvgIpc) is 1.59. The second kappa shape index (κ2) is 28.8. The molecule has 0 spiro atoms. The molecule has 0 N–H and O–H groups in total. The number of benzene rings is 19. The third-order valence-corrected chi connectivity index (χ3v) is 25.7. The molecule has 0 amide bonds. The van der Waals surface area contributed by atoms with E-state index in [0.717, 1.165) is 22.7 Å². The van der Waals surface area contributed by atoms with Crippen molar-refractivity contribution in [2.45, 2.75) is 0 Å². The van der Waals surface area contributed by atoms with Crippen LogP contribution in [0.25, 0.3) is 173 Å². The van der Waals surface area contributed by atoms with E-state index in [0.29, 0.717) is 0 Å². The van der Waals surface area contributed by atoms with Crippen molar-refractivity contribution >= 4 is 162 Å². The summed E-state index contributed by atoms with van der Waals surface area (Å²) in [4.78, 5) is 4.87. The van der Waals surface area contributed by atoms with Crippen LogP contribution >= 0.6 is 22.7 Å². The molecule has 0 aliphatic carbocycles. The maximum Gasteiger partial charge on any atom is 0.0640 e. The van der Waals surface area contributed by atoms with Crippen molar-refractivity contribution in [3.63, 3.8) is 0 Å². The Hall–Kier alpha value is -14.7. The highest BCUT2D eigenvalue weighted by atomic mass is 32.1. The van der Waals surface area contributed by atoms with Crippen molar-refractivity contribution < 1.29 is 0 Å². The Bertz CT molecular complexity index is 7670. The molecule has 4 aromatic heterocycles. The normalized spacial score (nSPS) is 11.6. The van der Waals surface area contributed by atoms with Crippen molar-refractivity contribution in [2.75, 3.05) is 9.80 Å². The first-order chi connectivity index (χ1) is 57.5. The minimum Gasteiger partial charge on any atom is -0.309 e. The number of para-hydroxylation sites is 4. The van der Waals surface area contributed by atoms with Gasteiger partial charge in [-0.2, -0.15) is 0 Å². The molecule has 0 unspecified atom stereocenters. The first kappa shape index (κ1) is 68.2. The van der Waals surface area contributed by atoms with E-state index in [1.807, 2.05) is 22.7 Å². The topological polar surface area (TPSA) is 16.3 Å². The third-order valence-electron chi connectivity index (χ3n) is 23.1. The SMILES string of the molecule is c1ccc(-c2ccc(N(c3ccc(-c4ccc5c(c4)c4ccccc4n5-c4ccccc4)cc3)c3cccc4c3sc3c5ccccc5ccc43)cc2)cc1.c1ccc(-c2ccc(N(c3cccc(-c4cccc(-c5ccc6c(c5)c5ccccc5n6-c5ccccc5)c4)c3)c3cccc4c3sc3c5ccccc5ccc43)cc2)cc1. The van der Waals surface area contributed by atoms with Gasteiger partial charge in [-0.15, -0.1) is 22.7 Å². The Morgan fingerprint density at radius 3 is 0.922 bits per heavy atom. The van der Waals surface area contributed by atoms with Gasteiger partial charge in [0.1, 0.15) is 0 Å². The Labute approximate surface area is 680 Å². The summed E-state index contributed by atoms with van der Waals surface area (Å²) in [5.41, 5.74) is 26.0. The molecule has 4 heterocycles. The van der Waals surface area contributed by atoms with Gasteiger partial charge >= 0.3 is 0 Å². The van der Waals surface area contributed by atoms with Crippen molar-refractivity contribution in [3.8, 4) is 67.0 Å². The van der Waals surface area contributed by atoms with Gasteiger partial charge in [-0.1, -0.05) is 309 Å². The molecule has 0 saturated carbocycles. The fraction of sp³-hybridized carbons (Fsp3) is 0. The summed E-state index contributed by atoms with van der Waals surface area (Å²) >= 11 is 3.79. The number of thiophene rings is 2. The zero-order valence-electron chi connectivity index (χ0n) is 63.2. The van der Waals surface area contributed by atoms with Gasteiger partial charge in [0.05, 0.1) is 42.8 Å². The van der Waals surface area contributed by atoms with E-state index in [-0.39, 0.29) is 0 Å². The molecule has 544 valence electrons. The van der Waals surface area contributed by atoms with Crippen molar-refractivity contribution in [3.05, 3.63) is 437 Å². The van der Waals surface area contributed by atoms with Crippen molar-refractivity contribution in [2.24, 2.45) is 0 Å². The molecule has 0 fully saturated rings. The van der Waals surface area contributed by atoms with Crippen LogP contribution in [-0.4, -0.2) is 9.13 Å². The van der Waals surface area contributed by atoms with Crippen molar-refractivity contribution in [1.82, 2.24) is 9.13 Å². The van der Waals surface area contributed by atoms with Crippen LogP contribution in [-0.2, 0) is 0 Å². The monoisotopic (exact) mass is 1510 g/mol. The Morgan fingerprint density at radius 2 is 0.466 bits per heavy atom. The predicted octanol–water partition coefficient (Wildman–Crippen LogP) is 31.9. The molecular weight excluding hydrogens is 1440 g/mol. The van der Waals surface area contributed by atoms with Crippen LogP contribution in [0.4, 0.5) is 34.1 Å². The average molecular weight is 1510 g/mol. The molecule has 19 aromatic carbocycles. The lowest BCUT2D eigenvalue weighted by Gasteiger charge is -2.27. The van der Waals surface area contributed by atoms with Gasteiger partial charge in [0, 0.05) is 86.6 Å². The maximum atomic E-state index is 2.44. The largest absolute Gasteiger partial charge is 0.309 e. The molecule has 0 radical (unpaired) electrons. The third kappa shape index (κ3) is 12.0. The maximum absolute atomic E-state index is 2.44. The molecular formula is C110H72N4S2. The van der Waals surface area contributed by atoms with Gasteiger partial charge in [0.2, 0.25) is 0 Å². The Morgan fingerprint density at radius 1 is 0.164 bits per heavy atom. The Kier molecular flexibility index (Phi) is 16.9. The van der Waals surface area contributed by atoms with Gasteiger partial charge in [-0.25, -0.2) is 0 Å². The zero-order valence-corrected chi connectivity index (χ0v) is 64.8. The van der Waals surface area contributed by atoms with Crippen LogP contribution in [0.5, 0.6) is 0 Å². The quantitative estimate of drug-likeness (QED) is 0.114. The minimum atomic E-state index is 1.11. The lowest BCUT2D eigenvalue weighted by atomic mass is 9.97. The highest BCUT2D eigenvalue weighted by molar-refractivity contribution is 7.27. The smallest absolute Gasteiger partial charge is 0.0640 e. The summed E-state index contributed by atoms with van der Waals surface area (Å²) in [7, 11) is 0.